The van der Waals surface area contributed by atoms with Gasteiger partial charge in [0.15, 0.2) is 0 Å². The molecular formula is C25H26FN3O3. The molecule has 32 heavy (non-hydrogen) atoms. The van der Waals surface area contributed by atoms with Crippen LogP contribution in [0.2, 0.25) is 0 Å². The second-order valence-electron chi connectivity index (χ2n) is 8.03. The van der Waals surface area contributed by atoms with Crippen LogP contribution in [0.25, 0.3) is 11.3 Å². The van der Waals surface area contributed by atoms with Crippen molar-refractivity contribution in [3.63, 3.8) is 0 Å². The molecule has 3 aromatic rings. The van der Waals surface area contributed by atoms with Crippen molar-refractivity contribution < 1.29 is 19.0 Å². The number of halogens is 1. The Labute approximate surface area is 186 Å². The minimum atomic E-state index is -0.862. The summed E-state index contributed by atoms with van der Waals surface area (Å²) in [7, 11) is 0. The van der Waals surface area contributed by atoms with E-state index in [9.17, 15) is 14.3 Å². The van der Waals surface area contributed by atoms with Gasteiger partial charge in [0.05, 0.1) is 17.9 Å². The Bertz CT molecular complexity index is 1040. The maximum absolute atomic E-state index is 13.4. The average molecular weight is 435 g/mol. The van der Waals surface area contributed by atoms with Crippen molar-refractivity contribution in [3.8, 4) is 11.3 Å². The van der Waals surface area contributed by atoms with Crippen molar-refractivity contribution in [1.82, 2.24) is 14.9 Å². The first-order chi connectivity index (χ1) is 15.5. The Morgan fingerprint density at radius 2 is 1.91 bits per heavy atom. The first-order valence-electron chi connectivity index (χ1n) is 10.8. The van der Waals surface area contributed by atoms with E-state index in [1.807, 2.05) is 31.2 Å². The third-order valence-electron chi connectivity index (χ3n) is 6.10. The number of rotatable bonds is 7. The minimum Gasteiger partial charge on any atom is -0.438 e. The lowest BCUT2D eigenvalue weighted by atomic mass is 9.84. The monoisotopic (exact) mass is 435 g/mol. The SMILES string of the molecule is C[C@@H](c1ccc(-c2cnccn2)cc1)N1CC[C@](CCCO)(c2ccc(F)cc2)OC1=O. The minimum absolute atomic E-state index is 0.00124. The molecule has 1 aliphatic rings. The largest absolute Gasteiger partial charge is 0.438 e. The summed E-state index contributed by atoms with van der Waals surface area (Å²) < 4.78 is 19.4. The molecule has 1 aliphatic heterocycles. The Hall–Kier alpha value is -3.32. The van der Waals surface area contributed by atoms with Gasteiger partial charge in [0, 0.05) is 37.5 Å². The van der Waals surface area contributed by atoms with E-state index >= 15 is 0 Å². The number of carbonyl (C=O) groups excluding carboxylic acids is 1. The van der Waals surface area contributed by atoms with Gasteiger partial charge in [-0.3, -0.25) is 9.97 Å². The lowest BCUT2D eigenvalue weighted by Crippen LogP contribution is -2.48. The fourth-order valence-electron chi connectivity index (χ4n) is 4.22. The van der Waals surface area contributed by atoms with Gasteiger partial charge in [-0.2, -0.15) is 0 Å². The normalized spacial score (nSPS) is 19.5. The molecule has 2 aromatic carbocycles. The van der Waals surface area contributed by atoms with Gasteiger partial charge < -0.3 is 14.7 Å². The van der Waals surface area contributed by atoms with E-state index in [1.54, 1.807) is 35.6 Å². The van der Waals surface area contributed by atoms with Crippen LogP contribution in [0, 0.1) is 5.82 Å². The molecule has 6 nitrogen and oxygen atoms in total. The fraction of sp³-hybridized carbons (Fsp3) is 0.320. The quantitative estimate of drug-likeness (QED) is 0.574. The zero-order chi connectivity index (χ0) is 22.6. The van der Waals surface area contributed by atoms with Crippen molar-refractivity contribution in [3.05, 3.63) is 84.1 Å². The molecule has 1 saturated heterocycles. The molecule has 0 aliphatic carbocycles. The average Bonchev–Trinajstić information content (AvgIpc) is 2.83. The van der Waals surface area contributed by atoms with Gasteiger partial charge in [-0.25, -0.2) is 9.18 Å². The predicted octanol–water partition coefficient (Wildman–Crippen LogP) is 4.85. The van der Waals surface area contributed by atoms with Gasteiger partial charge in [-0.15, -0.1) is 0 Å². The first-order valence-corrected chi connectivity index (χ1v) is 10.8. The highest BCUT2D eigenvalue weighted by Gasteiger charge is 2.43. The molecule has 166 valence electrons. The maximum atomic E-state index is 13.4. The summed E-state index contributed by atoms with van der Waals surface area (Å²) in [6.07, 6.45) is 6.12. The number of hydrogen-bond acceptors (Lipinski definition) is 5. The van der Waals surface area contributed by atoms with Crippen LogP contribution in [0.1, 0.15) is 43.4 Å². The van der Waals surface area contributed by atoms with Crippen molar-refractivity contribution in [2.75, 3.05) is 13.2 Å². The Morgan fingerprint density at radius 1 is 1.16 bits per heavy atom. The zero-order valence-corrected chi connectivity index (χ0v) is 17.9. The number of hydrogen-bond donors (Lipinski definition) is 1. The van der Waals surface area contributed by atoms with Crippen LogP contribution in [-0.4, -0.2) is 39.2 Å². The molecule has 0 bridgehead atoms. The van der Waals surface area contributed by atoms with E-state index < -0.39 is 11.7 Å². The van der Waals surface area contributed by atoms with Crippen molar-refractivity contribution in [1.29, 1.82) is 0 Å². The lowest BCUT2D eigenvalue weighted by molar-refractivity contribution is -0.0680. The van der Waals surface area contributed by atoms with Crippen molar-refractivity contribution in [2.45, 2.75) is 37.8 Å². The van der Waals surface area contributed by atoms with Gasteiger partial charge in [-0.1, -0.05) is 36.4 Å². The summed E-state index contributed by atoms with van der Waals surface area (Å²) in [5.74, 6) is -0.339. The predicted molar refractivity (Wildman–Crippen MR) is 118 cm³/mol. The van der Waals surface area contributed by atoms with Crippen LogP contribution >= 0.6 is 0 Å². The smallest absolute Gasteiger partial charge is 0.411 e. The van der Waals surface area contributed by atoms with E-state index in [4.69, 9.17) is 4.74 Å². The number of nitrogens with zero attached hydrogens (tertiary/aromatic N) is 3. The van der Waals surface area contributed by atoms with Gasteiger partial charge in [-0.05, 0) is 43.0 Å². The molecule has 4 rings (SSSR count). The lowest BCUT2D eigenvalue weighted by Gasteiger charge is -2.43. The van der Waals surface area contributed by atoms with Gasteiger partial charge >= 0.3 is 6.09 Å². The maximum Gasteiger partial charge on any atom is 0.411 e. The van der Waals surface area contributed by atoms with Crippen LogP contribution in [-0.2, 0) is 10.3 Å². The molecular weight excluding hydrogens is 409 g/mol. The molecule has 1 fully saturated rings. The second kappa shape index (κ2) is 9.44. The van der Waals surface area contributed by atoms with Crippen LogP contribution in [0.4, 0.5) is 9.18 Å². The molecule has 0 saturated carbocycles. The number of cyclic esters (lactones) is 1. The molecule has 2 heterocycles. The number of ether oxygens (including phenoxy) is 1. The van der Waals surface area contributed by atoms with E-state index in [2.05, 4.69) is 9.97 Å². The highest BCUT2D eigenvalue weighted by Crippen LogP contribution is 2.40. The molecule has 2 atom stereocenters. The van der Waals surface area contributed by atoms with Crippen molar-refractivity contribution >= 4 is 6.09 Å². The molecule has 1 aromatic heterocycles. The number of aliphatic hydroxyl groups excluding tert-OH is 1. The fourth-order valence-corrected chi connectivity index (χ4v) is 4.22. The number of amides is 1. The Kier molecular flexibility index (Phi) is 6.46. The molecule has 0 unspecified atom stereocenters. The number of benzene rings is 2. The van der Waals surface area contributed by atoms with E-state index in [1.165, 1.54) is 12.1 Å². The Balaban J connectivity index is 1.51. The summed E-state index contributed by atoms with van der Waals surface area (Å²) in [5.41, 5.74) is 2.62. The highest BCUT2D eigenvalue weighted by atomic mass is 19.1. The number of aliphatic hydroxyl groups is 1. The van der Waals surface area contributed by atoms with Crippen LogP contribution < -0.4 is 0 Å². The Morgan fingerprint density at radius 3 is 2.53 bits per heavy atom. The van der Waals surface area contributed by atoms with Crippen LogP contribution in [0.5, 0.6) is 0 Å². The summed E-state index contributed by atoms with van der Waals surface area (Å²) in [6, 6.07) is 13.8. The summed E-state index contributed by atoms with van der Waals surface area (Å²) in [4.78, 5) is 23.2. The van der Waals surface area contributed by atoms with E-state index in [0.717, 1.165) is 22.4 Å². The molecule has 0 radical (unpaired) electrons. The third kappa shape index (κ3) is 4.48. The van der Waals surface area contributed by atoms with E-state index in [0.29, 0.717) is 25.8 Å². The molecule has 1 amide bonds. The van der Waals surface area contributed by atoms with Gasteiger partial charge in [0.2, 0.25) is 0 Å². The third-order valence-corrected chi connectivity index (χ3v) is 6.10. The van der Waals surface area contributed by atoms with Gasteiger partial charge in [0.25, 0.3) is 0 Å². The molecule has 0 spiro atoms. The molecule has 1 N–H and O–H groups in total. The summed E-state index contributed by atoms with van der Waals surface area (Å²) in [5, 5.41) is 9.34. The topological polar surface area (TPSA) is 75.6 Å². The number of carbonyl (C=O) groups is 1. The van der Waals surface area contributed by atoms with Crippen molar-refractivity contribution in [2.24, 2.45) is 0 Å². The molecule has 7 heteroatoms. The highest BCUT2D eigenvalue weighted by molar-refractivity contribution is 5.70. The standard InChI is InChI=1S/C25H26FN3O3/c1-18(19-3-5-20(6-4-19)23-17-27-13-14-28-23)29-15-12-25(11-2-16-30,32-24(29)31)21-7-9-22(26)10-8-21/h3-10,13-14,17-18,30H,2,11-12,15-16H2,1H3/t18-,25+/m0/s1. The summed E-state index contributed by atoms with van der Waals surface area (Å²) in [6.45, 7) is 2.46. The van der Waals surface area contributed by atoms with Crippen LogP contribution in [0.3, 0.4) is 0 Å². The zero-order valence-electron chi connectivity index (χ0n) is 17.9. The van der Waals surface area contributed by atoms with Crippen LogP contribution in [0.15, 0.2) is 67.1 Å². The second-order valence-corrected chi connectivity index (χ2v) is 8.03. The summed E-state index contributed by atoms with van der Waals surface area (Å²) >= 11 is 0. The van der Waals surface area contributed by atoms with E-state index in [-0.39, 0.29) is 18.5 Å². The first kappa shape index (κ1) is 21.9. The number of aromatic nitrogens is 2. The van der Waals surface area contributed by atoms with Gasteiger partial charge in [0.1, 0.15) is 11.4 Å².